The van der Waals surface area contributed by atoms with Crippen LogP contribution in [0, 0.1) is 0 Å². The zero-order valence-electron chi connectivity index (χ0n) is 21.7. The number of aliphatic carboxylic acids is 1. The molecule has 2 aromatic rings. The first kappa shape index (κ1) is 28.4. The van der Waals surface area contributed by atoms with E-state index in [1.54, 1.807) is 0 Å². The van der Waals surface area contributed by atoms with Crippen LogP contribution in [0.5, 0.6) is 0 Å². The van der Waals surface area contributed by atoms with Gasteiger partial charge in [-0.25, -0.2) is 0 Å². The van der Waals surface area contributed by atoms with Crippen LogP contribution in [-0.2, 0) is 30.4 Å². The van der Waals surface area contributed by atoms with Crippen molar-refractivity contribution in [3.63, 3.8) is 0 Å². The fourth-order valence-electron chi connectivity index (χ4n) is 4.95. The second kappa shape index (κ2) is 12.5. The van der Waals surface area contributed by atoms with E-state index in [-0.39, 0.29) is 25.5 Å². The van der Waals surface area contributed by atoms with E-state index in [0.29, 0.717) is 12.8 Å². The van der Waals surface area contributed by atoms with E-state index in [1.807, 2.05) is 24.3 Å². The highest BCUT2D eigenvalue weighted by Crippen LogP contribution is 2.31. The minimum absolute atomic E-state index is 0.00749. The number of carboxylic acids is 1. The van der Waals surface area contributed by atoms with E-state index in [4.69, 9.17) is 11.5 Å². The second-order valence-electron chi connectivity index (χ2n) is 9.73. The lowest BCUT2D eigenvalue weighted by Gasteiger charge is -2.32. The number of carboxylic acid groups (broad SMARTS) is 1. The highest BCUT2D eigenvalue weighted by atomic mass is 16.4. The van der Waals surface area contributed by atoms with Crippen LogP contribution in [0.1, 0.15) is 36.6 Å². The molecule has 214 valence electrons. The quantitative estimate of drug-likeness (QED) is 0.103. The lowest BCUT2D eigenvalue weighted by atomic mass is 9.93. The monoisotopic (exact) mass is 555 g/mol. The lowest BCUT2D eigenvalue weighted by molar-refractivity contribution is -0.140. The number of aromatic nitrogens is 1. The van der Waals surface area contributed by atoms with Gasteiger partial charge in [0.15, 0.2) is 5.96 Å². The van der Waals surface area contributed by atoms with Gasteiger partial charge in [-0.3, -0.25) is 34.3 Å². The number of para-hydroxylation sites is 1. The first-order chi connectivity index (χ1) is 19.1. The van der Waals surface area contributed by atoms with Gasteiger partial charge in [0.2, 0.25) is 23.6 Å². The van der Waals surface area contributed by atoms with Crippen molar-refractivity contribution in [2.75, 3.05) is 19.6 Å². The molecule has 15 nitrogen and oxygen atoms in total. The number of fused-ring (bicyclic) bond motifs is 6. The number of nitrogens with two attached hydrogens (primary N) is 2. The number of carbonyl (C=O) groups excluding carboxylic acids is 4. The molecule has 11 N–H and O–H groups in total. The SMILES string of the molecule is NC(N)=NCCC[C@@H]1NC(=O)C2Cc3c([nH]c4ccccc34)C(CNC(=O)[C@H](CC(=O)O)NC(=O)CNC1=O)N2. The van der Waals surface area contributed by atoms with Crippen LogP contribution in [-0.4, -0.2) is 83.4 Å². The molecule has 1 fully saturated rings. The molecule has 40 heavy (non-hydrogen) atoms. The lowest BCUT2D eigenvalue weighted by Crippen LogP contribution is -2.56. The van der Waals surface area contributed by atoms with Gasteiger partial charge >= 0.3 is 5.97 Å². The summed E-state index contributed by atoms with van der Waals surface area (Å²) in [6.07, 6.45) is 0.220. The van der Waals surface area contributed by atoms with Crippen molar-refractivity contribution >= 4 is 46.5 Å². The highest BCUT2D eigenvalue weighted by Gasteiger charge is 2.36. The summed E-state index contributed by atoms with van der Waals surface area (Å²) in [5.74, 6) is -3.91. The third kappa shape index (κ3) is 6.85. The maximum atomic E-state index is 13.5. The number of rotatable bonds is 6. The van der Waals surface area contributed by atoms with E-state index in [9.17, 15) is 29.1 Å². The molecule has 0 aliphatic carbocycles. The van der Waals surface area contributed by atoms with Gasteiger partial charge in [0.1, 0.15) is 12.1 Å². The zero-order chi connectivity index (χ0) is 28.8. The van der Waals surface area contributed by atoms with Crippen LogP contribution >= 0.6 is 0 Å². The number of hydrogen-bond donors (Lipinski definition) is 9. The molecule has 4 rings (SSSR count). The average Bonchev–Trinajstić information content (AvgIpc) is 3.29. The maximum Gasteiger partial charge on any atom is 0.305 e. The summed E-state index contributed by atoms with van der Waals surface area (Å²) in [7, 11) is 0. The molecule has 2 aliphatic rings. The number of amides is 4. The normalized spacial score (nSPS) is 23.9. The molecule has 2 unspecified atom stereocenters. The predicted octanol–water partition coefficient (Wildman–Crippen LogP) is -2.53. The largest absolute Gasteiger partial charge is 0.481 e. The number of hydrogen-bond acceptors (Lipinski definition) is 7. The molecule has 15 heteroatoms. The van der Waals surface area contributed by atoms with E-state index in [2.05, 4.69) is 36.6 Å². The standard InChI is InChI=1S/C25H33N9O6/c26-25(27)28-7-3-6-15-22(38)30-11-19(35)32-17(9-20(36)37)23(39)29-10-18-21-13(8-16(31-18)24(40)34-15)12-4-1-2-5-14(12)33-21/h1-2,4-5,15-18,31,33H,3,6-11H2,(H,29,39)(H,30,38)(H,32,35)(H,34,40)(H,36,37)(H4,26,27,28)/t15-,16?,17-,18?/m0/s1. The number of guanidine groups is 1. The molecular weight excluding hydrogens is 522 g/mol. The Morgan fingerprint density at radius 1 is 0.975 bits per heavy atom. The molecule has 2 bridgehead atoms. The number of nitrogens with zero attached hydrogens (tertiary/aromatic N) is 1. The summed E-state index contributed by atoms with van der Waals surface area (Å²) < 4.78 is 0. The number of H-pyrrole nitrogens is 1. The van der Waals surface area contributed by atoms with Crippen molar-refractivity contribution in [2.45, 2.75) is 49.9 Å². The Morgan fingerprint density at radius 2 is 1.73 bits per heavy atom. The number of aromatic amines is 1. The van der Waals surface area contributed by atoms with Crippen molar-refractivity contribution in [3.05, 3.63) is 35.5 Å². The Kier molecular flexibility index (Phi) is 8.83. The highest BCUT2D eigenvalue weighted by molar-refractivity contribution is 5.95. The fourth-order valence-corrected chi connectivity index (χ4v) is 4.95. The van der Waals surface area contributed by atoms with Crippen molar-refractivity contribution in [1.29, 1.82) is 0 Å². The molecule has 1 saturated heterocycles. The molecule has 4 amide bonds. The zero-order valence-corrected chi connectivity index (χ0v) is 21.7. The maximum absolute atomic E-state index is 13.5. The molecule has 1 aromatic heterocycles. The molecule has 1 aromatic carbocycles. The molecule has 4 atom stereocenters. The second-order valence-corrected chi connectivity index (χ2v) is 9.73. The van der Waals surface area contributed by atoms with Gasteiger partial charge in [0.25, 0.3) is 0 Å². The Hall–Kier alpha value is -4.66. The predicted molar refractivity (Wildman–Crippen MR) is 144 cm³/mol. The first-order valence-corrected chi connectivity index (χ1v) is 12.9. The third-order valence-electron chi connectivity index (χ3n) is 6.83. The fraction of sp³-hybridized carbons (Fsp3) is 0.440. The van der Waals surface area contributed by atoms with Gasteiger partial charge in [-0.05, 0) is 30.9 Å². The van der Waals surface area contributed by atoms with Crippen molar-refractivity contribution in [3.8, 4) is 0 Å². The van der Waals surface area contributed by atoms with Gasteiger partial charge in [-0.2, -0.15) is 0 Å². The minimum atomic E-state index is -1.37. The topological polar surface area (TPSA) is 246 Å². The smallest absolute Gasteiger partial charge is 0.305 e. The van der Waals surface area contributed by atoms with Crippen LogP contribution < -0.4 is 38.1 Å². The number of carbonyl (C=O) groups is 5. The van der Waals surface area contributed by atoms with Gasteiger partial charge in [-0.15, -0.1) is 0 Å². The van der Waals surface area contributed by atoms with Crippen LogP contribution in [0.3, 0.4) is 0 Å². The molecule has 0 saturated carbocycles. The van der Waals surface area contributed by atoms with Gasteiger partial charge < -0.3 is 42.8 Å². The summed E-state index contributed by atoms with van der Waals surface area (Å²) >= 11 is 0. The van der Waals surface area contributed by atoms with E-state index >= 15 is 0 Å². The van der Waals surface area contributed by atoms with Crippen molar-refractivity contribution in [1.82, 2.24) is 31.6 Å². The summed E-state index contributed by atoms with van der Waals surface area (Å²) in [6, 6.07) is 3.93. The van der Waals surface area contributed by atoms with Crippen LogP contribution in [0.15, 0.2) is 29.3 Å². The first-order valence-electron chi connectivity index (χ1n) is 12.9. The summed E-state index contributed by atoms with van der Waals surface area (Å²) in [5, 5.41) is 23.7. The third-order valence-corrected chi connectivity index (χ3v) is 6.83. The minimum Gasteiger partial charge on any atom is -0.481 e. The van der Waals surface area contributed by atoms with E-state index in [0.717, 1.165) is 22.2 Å². The summed E-state index contributed by atoms with van der Waals surface area (Å²) in [5.41, 5.74) is 13.3. The molecule has 0 spiro atoms. The molecule has 3 heterocycles. The Balaban J connectivity index is 1.65. The summed E-state index contributed by atoms with van der Waals surface area (Å²) in [6.45, 7) is -0.285. The summed E-state index contributed by atoms with van der Waals surface area (Å²) in [4.78, 5) is 70.5. The average molecular weight is 556 g/mol. The Bertz CT molecular complexity index is 1340. The van der Waals surface area contributed by atoms with Crippen LogP contribution in [0.4, 0.5) is 0 Å². The number of nitrogens with one attached hydrogen (secondary N) is 6. The van der Waals surface area contributed by atoms with E-state index in [1.165, 1.54) is 0 Å². The Morgan fingerprint density at radius 3 is 2.48 bits per heavy atom. The number of aliphatic imine (C=N–C) groups is 1. The van der Waals surface area contributed by atoms with Gasteiger partial charge in [0, 0.05) is 29.7 Å². The van der Waals surface area contributed by atoms with Gasteiger partial charge in [-0.1, -0.05) is 18.2 Å². The van der Waals surface area contributed by atoms with Gasteiger partial charge in [0.05, 0.1) is 25.0 Å². The van der Waals surface area contributed by atoms with E-state index < -0.39 is 66.7 Å². The van der Waals surface area contributed by atoms with Crippen LogP contribution in [0.2, 0.25) is 0 Å². The Labute approximate surface area is 228 Å². The van der Waals surface area contributed by atoms with Crippen LogP contribution in [0.25, 0.3) is 10.9 Å². The number of benzene rings is 1. The molecule has 0 radical (unpaired) electrons. The van der Waals surface area contributed by atoms with Crippen molar-refractivity contribution < 1.29 is 29.1 Å². The molecule has 2 aliphatic heterocycles. The van der Waals surface area contributed by atoms with Crippen molar-refractivity contribution in [2.24, 2.45) is 16.5 Å². The molecular formula is C25H33N9O6.